The number of hydrogen-bond acceptors (Lipinski definition) is 8. The number of benzene rings is 1. The van der Waals surface area contributed by atoms with Gasteiger partial charge in [-0.25, -0.2) is 0 Å². The number of ether oxygens (including phenoxy) is 2. The molecule has 1 aliphatic rings. The van der Waals surface area contributed by atoms with E-state index >= 15 is 0 Å². The Kier molecular flexibility index (Phi) is 9.10. The van der Waals surface area contributed by atoms with Gasteiger partial charge >= 0.3 is 6.61 Å². The van der Waals surface area contributed by atoms with Crippen molar-refractivity contribution in [3.63, 3.8) is 0 Å². The molecule has 0 saturated carbocycles. The second kappa shape index (κ2) is 12.2. The van der Waals surface area contributed by atoms with Crippen LogP contribution in [0.2, 0.25) is 0 Å². The number of halogens is 2. The van der Waals surface area contributed by atoms with Crippen molar-refractivity contribution in [2.75, 3.05) is 24.6 Å². The zero-order valence-electron chi connectivity index (χ0n) is 18.4. The standard InChI is InChI=1S/C21H25F2N7O3S/c1-2-32-17(13-5-3-6-15(11-13)33-19(22)23)18(31)28-21(25)34-20(24)27-14-8-10-30(12-14)16-7-4-9-26-29-16/h3-7,9,11,14,17,19H,2,8,10,12H2,1H3,(H2,24,27)(H2,25,28,31). The Hall–Kier alpha value is -3.32. The van der Waals surface area contributed by atoms with E-state index in [2.05, 4.69) is 29.8 Å². The molecule has 1 aromatic carbocycles. The molecule has 1 amide bonds. The summed E-state index contributed by atoms with van der Waals surface area (Å²) in [7, 11) is 0. The van der Waals surface area contributed by atoms with E-state index in [1.165, 1.54) is 18.2 Å². The summed E-state index contributed by atoms with van der Waals surface area (Å²) in [6.07, 6.45) is 1.24. The number of alkyl halides is 2. The van der Waals surface area contributed by atoms with E-state index in [-0.39, 0.29) is 28.7 Å². The maximum Gasteiger partial charge on any atom is 0.387 e. The van der Waals surface area contributed by atoms with Crippen molar-refractivity contribution in [3.05, 3.63) is 48.2 Å². The van der Waals surface area contributed by atoms with Crippen molar-refractivity contribution in [3.8, 4) is 5.75 Å². The molecule has 1 fully saturated rings. The van der Waals surface area contributed by atoms with Gasteiger partial charge in [0.1, 0.15) is 5.75 Å². The molecule has 0 spiro atoms. The van der Waals surface area contributed by atoms with Crippen LogP contribution in [0.25, 0.3) is 0 Å². The molecule has 4 N–H and O–H groups in total. The number of carbonyl (C=O) groups excluding carboxylic acids is 1. The highest BCUT2D eigenvalue weighted by Gasteiger charge is 2.25. The summed E-state index contributed by atoms with van der Waals surface area (Å²) in [5.74, 6) is -0.0357. The van der Waals surface area contributed by atoms with E-state index in [4.69, 9.17) is 16.2 Å². The fourth-order valence-corrected chi connectivity index (χ4v) is 3.90. The van der Waals surface area contributed by atoms with Gasteiger partial charge in [-0.3, -0.25) is 9.79 Å². The number of amidine groups is 2. The lowest BCUT2D eigenvalue weighted by Gasteiger charge is -2.15. The number of nitrogens with zero attached hydrogens (tertiary/aromatic N) is 5. The molecular formula is C21H25F2N7O3S. The second-order valence-electron chi connectivity index (χ2n) is 7.11. The lowest BCUT2D eigenvalue weighted by atomic mass is 10.1. The van der Waals surface area contributed by atoms with Gasteiger partial charge in [0.15, 0.2) is 22.3 Å². The smallest absolute Gasteiger partial charge is 0.387 e. The van der Waals surface area contributed by atoms with Crippen LogP contribution < -0.4 is 21.1 Å². The lowest BCUT2D eigenvalue weighted by molar-refractivity contribution is -0.129. The Morgan fingerprint density at radius 2 is 2.12 bits per heavy atom. The molecule has 2 heterocycles. The first-order valence-electron chi connectivity index (χ1n) is 10.4. The third-order valence-electron chi connectivity index (χ3n) is 4.73. The molecule has 1 aliphatic heterocycles. The van der Waals surface area contributed by atoms with Crippen LogP contribution in [0.15, 0.2) is 52.6 Å². The second-order valence-corrected chi connectivity index (χ2v) is 8.16. The summed E-state index contributed by atoms with van der Waals surface area (Å²) in [5, 5.41) is 8.02. The molecule has 1 saturated heterocycles. The normalized spacial score (nSPS) is 17.8. The van der Waals surface area contributed by atoms with Crippen LogP contribution in [-0.4, -0.2) is 58.8 Å². The van der Waals surface area contributed by atoms with Gasteiger partial charge in [-0.05, 0) is 54.9 Å². The van der Waals surface area contributed by atoms with Crippen LogP contribution in [0.3, 0.4) is 0 Å². The van der Waals surface area contributed by atoms with Crippen LogP contribution in [0.1, 0.15) is 25.0 Å². The van der Waals surface area contributed by atoms with E-state index in [1.54, 1.807) is 19.2 Å². The molecule has 2 atom stereocenters. The zero-order valence-corrected chi connectivity index (χ0v) is 19.2. The van der Waals surface area contributed by atoms with E-state index in [0.717, 1.165) is 30.5 Å². The maximum atomic E-state index is 12.7. The molecule has 10 nitrogen and oxygen atoms in total. The molecule has 3 rings (SSSR count). The topological polar surface area (TPSA) is 141 Å². The third kappa shape index (κ3) is 7.35. The third-order valence-corrected chi connectivity index (χ3v) is 5.34. The summed E-state index contributed by atoms with van der Waals surface area (Å²) in [6, 6.07) is 9.29. The molecular weight excluding hydrogens is 468 g/mol. The predicted octanol–water partition coefficient (Wildman–Crippen LogP) is 2.32. The number of carbonyl (C=O) groups is 1. The van der Waals surface area contributed by atoms with Gasteiger partial charge in [-0.1, -0.05) is 12.1 Å². The SMILES string of the molecule is CCOC(C(=O)N=C(N)SC(N)=NC1CCN(c2cccnn2)C1)c1cccc(OC(F)F)c1. The first-order valence-corrected chi connectivity index (χ1v) is 11.3. The van der Waals surface area contributed by atoms with Crippen molar-refractivity contribution in [2.24, 2.45) is 21.5 Å². The Balaban J connectivity index is 1.63. The van der Waals surface area contributed by atoms with E-state index in [9.17, 15) is 13.6 Å². The Labute approximate surface area is 199 Å². The number of aliphatic imine (C=N–C) groups is 2. The number of thioether (sulfide) groups is 1. The number of anilines is 1. The summed E-state index contributed by atoms with van der Waals surface area (Å²) in [4.78, 5) is 23.1. The fraction of sp³-hybridized carbons (Fsp3) is 0.381. The number of nitrogens with two attached hydrogens (primary N) is 2. The van der Waals surface area contributed by atoms with E-state index in [1.807, 2.05) is 12.1 Å². The van der Waals surface area contributed by atoms with Gasteiger partial charge < -0.3 is 25.8 Å². The number of hydrogen-bond donors (Lipinski definition) is 2. The lowest BCUT2D eigenvalue weighted by Crippen LogP contribution is -2.24. The quantitative estimate of drug-likeness (QED) is 0.418. The minimum absolute atomic E-state index is 0.0632. The van der Waals surface area contributed by atoms with Crippen molar-refractivity contribution in [2.45, 2.75) is 32.1 Å². The summed E-state index contributed by atoms with van der Waals surface area (Å²) in [5.41, 5.74) is 12.2. The summed E-state index contributed by atoms with van der Waals surface area (Å²) in [6.45, 7) is 0.276. The van der Waals surface area contributed by atoms with Gasteiger partial charge in [-0.15, -0.1) is 5.10 Å². The predicted molar refractivity (Wildman–Crippen MR) is 126 cm³/mol. The number of rotatable bonds is 8. The molecule has 0 aliphatic carbocycles. The molecule has 182 valence electrons. The molecule has 34 heavy (non-hydrogen) atoms. The van der Waals surface area contributed by atoms with Crippen molar-refractivity contribution in [1.82, 2.24) is 10.2 Å². The van der Waals surface area contributed by atoms with Crippen molar-refractivity contribution >= 4 is 33.8 Å². The van der Waals surface area contributed by atoms with E-state index in [0.29, 0.717) is 12.1 Å². The first-order chi connectivity index (χ1) is 16.4. The largest absolute Gasteiger partial charge is 0.435 e. The highest BCUT2D eigenvalue weighted by atomic mass is 32.2. The Morgan fingerprint density at radius 1 is 1.29 bits per heavy atom. The van der Waals surface area contributed by atoms with E-state index < -0.39 is 18.6 Å². The zero-order chi connectivity index (χ0) is 24.5. The average Bonchev–Trinajstić information content (AvgIpc) is 3.25. The Bertz CT molecular complexity index is 1030. The summed E-state index contributed by atoms with van der Waals surface area (Å²) >= 11 is 0.863. The number of aromatic nitrogens is 2. The van der Waals surface area contributed by atoms with Crippen LogP contribution in [0.4, 0.5) is 14.6 Å². The van der Waals surface area contributed by atoms with Gasteiger partial charge in [0.2, 0.25) is 0 Å². The molecule has 0 radical (unpaired) electrons. The monoisotopic (exact) mass is 493 g/mol. The Morgan fingerprint density at radius 3 is 2.82 bits per heavy atom. The molecule has 1 aromatic heterocycles. The van der Waals surface area contributed by atoms with Crippen LogP contribution in [-0.2, 0) is 9.53 Å². The molecule has 0 bridgehead atoms. The highest BCUT2D eigenvalue weighted by Crippen LogP contribution is 2.25. The van der Waals surface area contributed by atoms with Gasteiger partial charge in [-0.2, -0.15) is 18.9 Å². The van der Waals surface area contributed by atoms with Gasteiger partial charge in [0.05, 0.1) is 6.04 Å². The minimum atomic E-state index is -2.99. The average molecular weight is 494 g/mol. The maximum absolute atomic E-state index is 12.7. The minimum Gasteiger partial charge on any atom is -0.435 e. The molecule has 13 heteroatoms. The van der Waals surface area contributed by atoms with Gasteiger partial charge in [0.25, 0.3) is 5.91 Å². The first kappa shape index (κ1) is 25.3. The van der Waals surface area contributed by atoms with Crippen LogP contribution in [0, 0.1) is 0 Å². The summed E-state index contributed by atoms with van der Waals surface area (Å²) < 4.78 is 34.9. The van der Waals surface area contributed by atoms with Gasteiger partial charge in [0, 0.05) is 25.9 Å². The van der Waals surface area contributed by atoms with Crippen molar-refractivity contribution < 1.29 is 23.0 Å². The van der Waals surface area contributed by atoms with Crippen LogP contribution in [0.5, 0.6) is 5.75 Å². The molecule has 2 aromatic rings. The molecule has 2 unspecified atom stereocenters. The van der Waals surface area contributed by atoms with Crippen LogP contribution >= 0.6 is 11.8 Å². The highest BCUT2D eigenvalue weighted by molar-refractivity contribution is 8.26. The van der Waals surface area contributed by atoms with Crippen molar-refractivity contribution in [1.29, 1.82) is 0 Å². The number of amides is 1. The fourth-order valence-electron chi connectivity index (χ4n) is 3.35.